The minimum atomic E-state index is 0.511. The van der Waals surface area contributed by atoms with Gasteiger partial charge in [-0.05, 0) is 43.9 Å². The molecule has 2 N–H and O–H groups in total. The maximum Gasteiger partial charge on any atom is 0.151 e. The highest BCUT2D eigenvalue weighted by Crippen LogP contribution is 2.43. The molecule has 0 radical (unpaired) electrons. The fourth-order valence-electron chi connectivity index (χ4n) is 5.21. The van der Waals surface area contributed by atoms with Crippen molar-refractivity contribution in [2.75, 3.05) is 19.1 Å². The molecule has 1 aromatic carbocycles. The van der Waals surface area contributed by atoms with Crippen molar-refractivity contribution < 1.29 is 4.74 Å². The number of aromatic amines is 1. The van der Waals surface area contributed by atoms with Gasteiger partial charge in [0.25, 0.3) is 0 Å². The van der Waals surface area contributed by atoms with Crippen molar-refractivity contribution in [3.63, 3.8) is 0 Å². The molecular weight excluding hydrogens is 422 g/mol. The Bertz CT molecular complexity index is 1230. The van der Waals surface area contributed by atoms with Crippen molar-refractivity contribution in [3.8, 4) is 28.1 Å². The van der Waals surface area contributed by atoms with Gasteiger partial charge in [-0.3, -0.25) is 5.10 Å². The van der Waals surface area contributed by atoms with Crippen molar-refractivity contribution in [2.45, 2.75) is 43.8 Å². The molecule has 2 saturated heterocycles. The first-order valence-corrected chi connectivity index (χ1v) is 11.9. The van der Waals surface area contributed by atoms with Crippen LogP contribution >= 0.6 is 11.3 Å². The fraction of sp³-hybridized carbons (Fsp3) is 0.391. The third-order valence-electron chi connectivity index (χ3n) is 6.86. The summed E-state index contributed by atoms with van der Waals surface area (Å²) in [7, 11) is 3.82. The number of aromatic nitrogens is 5. The van der Waals surface area contributed by atoms with Crippen LogP contribution in [0.1, 0.15) is 25.7 Å². The zero-order valence-electron chi connectivity index (χ0n) is 18.1. The first kappa shape index (κ1) is 19.6. The number of methoxy groups -OCH3 is 1. The van der Waals surface area contributed by atoms with Crippen LogP contribution in [0.5, 0.6) is 5.75 Å². The number of hydrogen-bond acceptors (Lipinski definition) is 8. The molecule has 1 unspecified atom stereocenters. The lowest BCUT2D eigenvalue weighted by molar-refractivity contribution is 0.353. The summed E-state index contributed by atoms with van der Waals surface area (Å²) < 4.78 is 6.80. The number of H-pyrrole nitrogens is 1. The predicted octanol–water partition coefficient (Wildman–Crippen LogP) is 3.87. The smallest absolute Gasteiger partial charge is 0.151 e. The van der Waals surface area contributed by atoms with Crippen LogP contribution in [0.15, 0.2) is 36.1 Å². The van der Waals surface area contributed by atoms with Gasteiger partial charge in [-0.25, -0.2) is 4.98 Å². The Kier molecular flexibility index (Phi) is 4.80. The third kappa shape index (κ3) is 3.23. The molecule has 6 rings (SSSR count). The Labute approximate surface area is 190 Å². The highest BCUT2D eigenvalue weighted by molar-refractivity contribution is 7.17. The summed E-state index contributed by atoms with van der Waals surface area (Å²) >= 11 is 1.60. The number of anilines is 1. The van der Waals surface area contributed by atoms with Crippen LogP contribution < -0.4 is 15.0 Å². The molecule has 3 aromatic heterocycles. The van der Waals surface area contributed by atoms with Gasteiger partial charge in [0.1, 0.15) is 5.75 Å². The summed E-state index contributed by atoms with van der Waals surface area (Å²) in [6.45, 7) is 0. The molecule has 2 aliphatic heterocycles. The number of nitrogens with one attached hydrogen (secondary N) is 2. The molecule has 164 valence electrons. The third-order valence-corrected chi connectivity index (χ3v) is 7.72. The fourth-order valence-corrected chi connectivity index (χ4v) is 6.03. The molecule has 0 saturated carbocycles. The van der Waals surface area contributed by atoms with E-state index in [9.17, 15) is 0 Å². The van der Waals surface area contributed by atoms with Gasteiger partial charge in [-0.2, -0.15) is 5.10 Å². The van der Waals surface area contributed by atoms with E-state index in [1.165, 1.54) is 25.7 Å². The van der Waals surface area contributed by atoms with E-state index in [0.29, 0.717) is 18.1 Å². The van der Waals surface area contributed by atoms with E-state index < -0.39 is 0 Å². The summed E-state index contributed by atoms with van der Waals surface area (Å²) in [4.78, 5) is 6.93. The van der Waals surface area contributed by atoms with E-state index in [4.69, 9.17) is 4.74 Å². The van der Waals surface area contributed by atoms with Gasteiger partial charge in [0, 0.05) is 42.5 Å². The number of nitrogens with zero attached hydrogens (tertiary/aromatic N) is 5. The first-order chi connectivity index (χ1) is 15.7. The average molecular weight is 448 g/mol. The number of rotatable bonds is 5. The Balaban J connectivity index is 1.35. The predicted molar refractivity (Wildman–Crippen MR) is 126 cm³/mol. The van der Waals surface area contributed by atoms with Crippen molar-refractivity contribution in [1.82, 2.24) is 30.7 Å². The van der Waals surface area contributed by atoms with Gasteiger partial charge in [-0.1, -0.05) is 0 Å². The van der Waals surface area contributed by atoms with Gasteiger partial charge < -0.3 is 15.0 Å². The number of benzene rings is 1. The number of fused-ring (bicyclic) bond motifs is 3. The van der Waals surface area contributed by atoms with E-state index in [1.54, 1.807) is 24.6 Å². The zero-order chi connectivity index (χ0) is 21.7. The molecule has 2 bridgehead atoms. The normalized spacial score (nSPS) is 22.4. The molecule has 3 atom stereocenters. The highest BCUT2D eigenvalue weighted by atomic mass is 32.1. The minimum Gasteiger partial charge on any atom is -0.496 e. The molecular formula is C23H25N7OS. The van der Waals surface area contributed by atoms with Crippen molar-refractivity contribution >= 4 is 27.4 Å². The number of thiazole rings is 1. The van der Waals surface area contributed by atoms with Crippen molar-refractivity contribution in [2.24, 2.45) is 0 Å². The SMILES string of the molecule is COc1cc(-c2ccc(N(C)C3C[C@H]4CC[C@@H](C3)N4)nn2)c2scnc2c1-c1cn[nH]c1. The molecule has 0 spiro atoms. The topological polar surface area (TPSA) is 91.8 Å². The Hall–Kier alpha value is -3.04. The van der Waals surface area contributed by atoms with Crippen LogP contribution in [0.3, 0.4) is 0 Å². The monoisotopic (exact) mass is 447 g/mol. The molecule has 2 fully saturated rings. The first-order valence-electron chi connectivity index (χ1n) is 11.0. The van der Waals surface area contributed by atoms with E-state index in [0.717, 1.165) is 44.2 Å². The average Bonchev–Trinajstić information content (AvgIpc) is 3.59. The van der Waals surface area contributed by atoms with Crippen LogP contribution in [0.25, 0.3) is 32.6 Å². The largest absolute Gasteiger partial charge is 0.496 e. The summed E-state index contributed by atoms with van der Waals surface area (Å²) in [6.07, 6.45) is 8.57. The van der Waals surface area contributed by atoms with Crippen LogP contribution in [0.4, 0.5) is 5.82 Å². The number of piperidine rings is 1. The quantitative estimate of drug-likeness (QED) is 0.480. The summed E-state index contributed by atoms with van der Waals surface area (Å²) in [6, 6.07) is 7.97. The van der Waals surface area contributed by atoms with Gasteiger partial charge in [0.2, 0.25) is 0 Å². The summed E-state index contributed by atoms with van der Waals surface area (Å²) in [5, 5.41) is 19.9. The van der Waals surface area contributed by atoms with Crippen molar-refractivity contribution in [3.05, 3.63) is 36.1 Å². The Morgan fingerprint density at radius 2 is 2.00 bits per heavy atom. The second-order valence-electron chi connectivity index (χ2n) is 8.67. The van der Waals surface area contributed by atoms with Gasteiger partial charge >= 0.3 is 0 Å². The van der Waals surface area contributed by atoms with Crippen LogP contribution in [-0.4, -0.2) is 57.7 Å². The Morgan fingerprint density at radius 3 is 2.69 bits per heavy atom. The minimum absolute atomic E-state index is 0.511. The molecule has 4 aromatic rings. The molecule has 9 heteroatoms. The van der Waals surface area contributed by atoms with Gasteiger partial charge in [0.15, 0.2) is 5.82 Å². The van der Waals surface area contributed by atoms with E-state index >= 15 is 0 Å². The van der Waals surface area contributed by atoms with E-state index in [1.807, 2.05) is 17.8 Å². The lowest BCUT2D eigenvalue weighted by atomic mass is 9.98. The maximum atomic E-state index is 5.74. The molecule has 8 nitrogen and oxygen atoms in total. The molecule has 2 aliphatic rings. The number of ether oxygens (including phenoxy) is 1. The standard InChI is InChI=1S/C23H25N7OS/c1-30(16-7-14-3-4-15(8-16)27-14)20-6-5-18(28-29-20)17-9-19(31-2)21(13-10-25-26-11-13)22-23(17)32-12-24-22/h5-6,9-12,14-16,27H,3-4,7-8H2,1-2H3,(H,25,26)/t14-,15+,16?. The van der Waals surface area contributed by atoms with Crippen LogP contribution in [0.2, 0.25) is 0 Å². The second-order valence-corrected chi connectivity index (χ2v) is 9.52. The molecule has 32 heavy (non-hydrogen) atoms. The highest BCUT2D eigenvalue weighted by Gasteiger charge is 2.35. The summed E-state index contributed by atoms with van der Waals surface area (Å²) in [5.41, 5.74) is 6.43. The van der Waals surface area contributed by atoms with Gasteiger partial charge in [0.05, 0.1) is 40.3 Å². The van der Waals surface area contributed by atoms with Gasteiger partial charge in [-0.15, -0.1) is 21.5 Å². The van der Waals surface area contributed by atoms with Crippen LogP contribution in [-0.2, 0) is 0 Å². The molecule has 5 heterocycles. The molecule has 0 aliphatic carbocycles. The Morgan fingerprint density at radius 1 is 1.16 bits per heavy atom. The number of hydrogen-bond donors (Lipinski definition) is 2. The zero-order valence-corrected chi connectivity index (χ0v) is 18.9. The molecule has 0 amide bonds. The van der Waals surface area contributed by atoms with Crippen LogP contribution in [0, 0.1) is 0 Å². The lowest BCUT2D eigenvalue weighted by Crippen LogP contribution is -2.47. The van der Waals surface area contributed by atoms with E-state index in [2.05, 4.69) is 54.8 Å². The second kappa shape index (κ2) is 7.83. The van der Waals surface area contributed by atoms with Crippen molar-refractivity contribution in [1.29, 1.82) is 0 Å². The summed E-state index contributed by atoms with van der Waals surface area (Å²) in [5.74, 6) is 1.66. The van der Waals surface area contributed by atoms with E-state index in [-0.39, 0.29) is 0 Å². The maximum absolute atomic E-state index is 5.74. The lowest BCUT2D eigenvalue weighted by Gasteiger charge is -2.36.